The molecule has 3 aromatic rings. The zero-order valence-corrected chi connectivity index (χ0v) is 20.5. The van der Waals surface area contributed by atoms with E-state index in [4.69, 9.17) is 9.47 Å². The molecule has 0 spiro atoms. The van der Waals surface area contributed by atoms with E-state index in [-0.39, 0.29) is 23.6 Å². The van der Waals surface area contributed by atoms with Crippen LogP contribution in [0.15, 0.2) is 42.5 Å². The van der Waals surface area contributed by atoms with Crippen LogP contribution in [0.1, 0.15) is 64.6 Å². The lowest BCUT2D eigenvalue weighted by atomic mass is 9.96. The molecule has 1 heterocycles. The molecule has 0 atom stereocenters. The number of allylic oxidation sites excluding steroid dienone is 2. The first-order chi connectivity index (χ1) is 18.0. The number of hydrogen-bond acceptors (Lipinski definition) is 4. The second-order valence-corrected chi connectivity index (χ2v) is 8.74. The highest BCUT2D eigenvalue weighted by Crippen LogP contribution is 2.44. The molecule has 2 aromatic carbocycles. The number of aromatic nitrogens is 1. The van der Waals surface area contributed by atoms with Crippen LogP contribution < -0.4 is 4.74 Å². The SMILES string of the molecule is CCOC(=O)c1nc(C2=C(c3cc(C(F)(F)F)ccc3OCc3c(F)cc(F)cc3F)CCC2)ccc1C. The summed E-state index contributed by atoms with van der Waals surface area (Å²) in [4.78, 5) is 16.8. The average molecular weight is 535 g/mol. The zero-order chi connectivity index (χ0) is 27.6. The highest BCUT2D eigenvalue weighted by atomic mass is 19.4. The molecule has 0 fully saturated rings. The molecular weight excluding hydrogens is 512 g/mol. The van der Waals surface area contributed by atoms with Crippen molar-refractivity contribution in [2.24, 2.45) is 0 Å². The Morgan fingerprint density at radius 3 is 2.32 bits per heavy atom. The highest BCUT2D eigenvalue weighted by Gasteiger charge is 2.33. The average Bonchev–Trinajstić information content (AvgIpc) is 3.33. The number of pyridine rings is 1. The number of ether oxygens (including phenoxy) is 2. The van der Waals surface area contributed by atoms with Crippen molar-refractivity contribution in [1.82, 2.24) is 4.98 Å². The summed E-state index contributed by atoms with van der Waals surface area (Å²) in [6.07, 6.45) is -3.19. The molecule has 0 amide bonds. The van der Waals surface area contributed by atoms with Gasteiger partial charge in [0.05, 0.1) is 23.4 Å². The topological polar surface area (TPSA) is 48.4 Å². The Labute approximate surface area is 214 Å². The number of alkyl halides is 3. The van der Waals surface area contributed by atoms with Gasteiger partial charge in [-0.2, -0.15) is 13.2 Å². The van der Waals surface area contributed by atoms with Gasteiger partial charge in [0.1, 0.15) is 29.8 Å². The quantitative estimate of drug-likeness (QED) is 0.230. The zero-order valence-electron chi connectivity index (χ0n) is 20.5. The van der Waals surface area contributed by atoms with Gasteiger partial charge in [-0.1, -0.05) is 6.07 Å². The Balaban J connectivity index is 1.80. The van der Waals surface area contributed by atoms with E-state index in [1.54, 1.807) is 26.0 Å². The van der Waals surface area contributed by atoms with Crippen molar-refractivity contribution in [3.8, 4) is 5.75 Å². The van der Waals surface area contributed by atoms with Crippen LogP contribution in [0.5, 0.6) is 5.75 Å². The summed E-state index contributed by atoms with van der Waals surface area (Å²) in [6, 6.07) is 7.18. The lowest BCUT2D eigenvalue weighted by Gasteiger charge is -2.17. The molecule has 4 rings (SSSR count). The van der Waals surface area contributed by atoms with Crippen LogP contribution in [0.2, 0.25) is 0 Å². The molecule has 0 radical (unpaired) electrons. The summed E-state index contributed by atoms with van der Waals surface area (Å²) in [5, 5.41) is 0. The number of aryl methyl sites for hydroxylation is 1. The maximum absolute atomic E-state index is 14.1. The minimum absolute atomic E-state index is 0.0340. The fourth-order valence-electron chi connectivity index (χ4n) is 4.35. The Bertz CT molecular complexity index is 1390. The monoisotopic (exact) mass is 535 g/mol. The van der Waals surface area contributed by atoms with Gasteiger partial charge >= 0.3 is 12.1 Å². The first kappa shape index (κ1) is 27.2. The van der Waals surface area contributed by atoms with Crippen LogP contribution in [0.25, 0.3) is 11.1 Å². The number of nitrogens with zero attached hydrogens (tertiary/aromatic N) is 1. The molecule has 0 saturated carbocycles. The van der Waals surface area contributed by atoms with E-state index < -0.39 is 47.3 Å². The third-order valence-corrected chi connectivity index (χ3v) is 6.20. The van der Waals surface area contributed by atoms with E-state index in [9.17, 15) is 31.1 Å². The smallest absolute Gasteiger partial charge is 0.416 e. The molecule has 4 nitrogen and oxygen atoms in total. The summed E-state index contributed by atoms with van der Waals surface area (Å²) in [7, 11) is 0. The van der Waals surface area contributed by atoms with Crippen molar-refractivity contribution in [2.45, 2.75) is 45.9 Å². The number of halogens is 6. The molecule has 0 N–H and O–H groups in total. The van der Waals surface area contributed by atoms with Gasteiger partial charge in [-0.15, -0.1) is 0 Å². The van der Waals surface area contributed by atoms with Gasteiger partial charge in [0.15, 0.2) is 5.69 Å². The van der Waals surface area contributed by atoms with E-state index in [1.165, 1.54) is 0 Å². The number of hydrogen-bond donors (Lipinski definition) is 0. The lowest BCUT2D eigenvalue weighted by Crippen LogP contribution is -2.10. The van der Waals surface area contributed by atoms with Gasteiger partial charge in [0.2, 0.25) is 0 Å². The van der Waals surface area contributed by atoms with Gasteiger partial charge in [0, 0.05) is 17.7 Å². The number of carbonyl (C=O) groups excluding carboxylic acids is 1. The molecule has 0 aliphatic heterocycles. The normalized spacial score (nSPS) is 13.7. The minimum atomic E-state index is -4.65. The Kier molecular flexibility index (Phi) is 7.80. The molecule has 200 valence electrons. The van der Waals surface area contributed by atoms with Gasteiger partial charge in [-0.25, -0.2) is 22.9 Å². The Hall–Kier alpha value is -3.82. The first-order valence-electron chi connectivity index (χ1n) is 11.8. The van der Waals surface area contributed by atoms with E-state index >= 15 is 0 Å². The van der Waals surface area contributed by atoms with Crippen LogP contribution in [0, 0.1) is 24.4 Å². The fourth-order valence-corrected chi connectivity index (χ4v) is 4.35. The Morgan fingerprint density at radius 2 is 1.66 bits per heavy atom. The highest BCUT2D eigenvalue weighted by molar-refractivity contribution is 5.95. The van der Waals surface area contributed by atoms with Crippen molar-refractivity contribution in [1.29, 1.82) is 0 Å². The second-order valence-electron chi connectivity index (χ2n) is 8.74. The summed E-state index contributed by atoms with van der Waals surface area (Å²) in [6.45, 7) is 2.83. The van der Waals surface area contributed by atoms with Crippen LogP contribution >= 0.6 is 0 Å². The van der Waals surface area contributed by atoms with Crippen LogP contribution in [-0.4, -0.2) is 17.6 Å². The standard InChI is InChI=1S/C28H23F6NO3/c1-3-37-27(36)26-15(2)7-9-24(35-26)19-6-4-5-18(19)20-11-16(28(32,33)34)8-10-25(20)38-14-21-22(30)12-17(29)13-23(21)31/h7-13H,3-6,14H2,1-2H3. The van der Waals surface area contributed by atoms with Crippen LogP contribution in [-0.2, 0) is 17.5 Å². The largest absolute Gasteiger partial charge is 0.488 e. The number of carbonyl (C=O) groups is 1. The molecule has 0 bridgehead atoms. The number of rotatable bonds is 7. The van der Waals surface area contributed by atoms with Gasteiger partial charge in [-0.05, 0) is 74.1 Å². The van der Waals surface area contributed by atoms with Gasteiger partial charge in [-0.3, -0.25) is 0 Å². The van der Waals surface area contributed by atoms with E-state index in [2.05, 4.69) is 4.98 Å². The van der Waals surface area contributed by atoms with E-state index in [0.29, 0.717) is 53.8 Å². The molecular formula is C28H23F6NO3. The van der Waals surface area contributed by atoms with Crippen molar-refractivity contribution >= 4 is 17.1 Å². The van der Waals surface area contributed by atoms with Crippen LogP contribution in [0.3, 0.4) is 0 Å². The summed E-state index contributed by atoms with van der Waals surface area (Å²) in [5.74, 6) is -4.10. The van der Waals surface area contributed by atoms with Crippen molar-refractivity contribution < 1.29 is 40.6 Å². The fraction of sp³-hybridized carbons (Fsp3) is 0.286. The summed E-state index contributed by atoms with van der Waals surface area (Å²) >= 11 is 0. The maximum Gasteiger partial charge on any atom is 0.416 e. The summed E-state index contributed by atoms with van der Waals surface area (Å²) < 4.78 is 93.1. The van der Waals surface area contributed by atoms with Crippen molar-refractivity contribution in [2.75, 3.05) is 6.61 Å². The molecule has 10 heteroatoms. The molecule has 0 saturated heterocycles. The van der Waals surface area contributed by atoms with Crippen molar-refractivity contribution in [3.05, 3.63) is 93.6 Å². The third kappa shape index (κ3) is 5.69. The summed E-state index contributed by atoms with van der Waals surface area (Å²) in [5.41, 5.74) is 0.834. The van der Waals surface area contributed by atoms with Crippen LogP contribution in [0.4, 0.5) is 26.3 Å². The van der Waals surface area contributed by atoms with Crippen molar-refractivity contribution in [3.63, 3.8) is 0 Å². The predicted molar refractivity (Wildman–Crippen MR) is 128 cm³/mol. The van der Waals surface area contributed by atoms with E-state index in [0.717, 1.165) is 18.2 Å². The molecule has 1 aliphatic rings. The first-order valence-corrected chi connectivity index (χ1v) is 11.8. The predicted octanol–water partition coefficient (Wildman–Crippen LogP) is 7.68. The second kappa shape index (κ2) is 10.9. The third-order valence-electron chi connectivity index (χ3n) is 6.20. The molecule has 0 unspecified atom stereocenters. The molecule has 1 aromatic heterocycles. The van der Waals surface area contributed by atoms with Gasteiger partial charge < -0.3 is 9.47 Å². The minimum Gasteiger partial charge on any atom is -0.488 e. The molecule has 1 aliphatic carbocycles. The van der Waals surface area contributed by atoms with Gasteiger partial charge in [0.25, 0.3) is 0 Å². The maximum atomic E-state index is 14.1. The number of esters is 1. The Morgan fingerprint density at radius 1 is 0.974 bits per heavy atom. The molecule has 38 heavy (non-hydrogen) atoms. The van der Waals surface area contributed by atoms with E-state index in [1.807, 2.05) is 0 Å². The number of benzene rings is 2. The lowest BCUT2D eigenvalue weighted by molar-refractivity contribution is -0.137.